The van der Waals surface area contributed by atoms with Gasteiger partial charge in [-0.3, -0.25) is 9.59 Å². The van der Waals surface area contributed by atoms with Crippen LogP contribution in [0.5, 0.6) is 0 Å². The van der Waals surface area contributed by atoms with E-state index in [0.717, 1.165) is 24.8 Å². The predicted molar refractivity (Wildman–Crippen MR) is 98.1 cm³/mol. The Bertz CT molecular complexity index is 528. The van der Waals surface area contributed by atoms with E-state index in [1.54, 1.807) is 6.92 Å². The molecule has 2 amide bonds. The molecule has 1 heterocycles. The van der Waals surface area contributed by atoms with Crippen molar-refractivity contribution in [2.24, 2.45) is 5.73 Å². The molecule has 0 bridgehead atoms. The monoisotopic (exact) mass is 353 g/mol. The molecule has 1 aliphatic rings. The summed E-state index contributed by atoms with van der Waals surface area (Å²) in [5.74, 6) is -0.00688. The lowest BCUT2D eigenvalue weighted by molar-refractivity contribution is -0.134. The topological polar surface area (TPSA) is 75.4 Å². The van der Waals surface area contributed by atoms with Gasteiger partial charge in [-0.25, -0.2) is 0 Å². The molecule has 0 aromatic heterocycles. The summed E-state index contributed by atoms with van der Waals surface area (Å²) in [6.07, 6.45) is 2.37. The molecule has 0 spiro atoms. The van der Waals surface area contributed by atoms with Crippen LogP contribution in [-0.4, -0.2) is 41.9 Å². The number of likely N-dealkylation sites (tertiary alicyclic amines) is 1. The van der Waals surface area contributed by atoms with Crippen molar-refractivity contribution in [1.29, 1.82) is 0 Å². The zero-order valence-electron chi connectivity index (χ0n) is 14.4. The quantitative estimate of drug-likeness (QED) is 0.850. The zero-order chi connectivity index (χ0) is 16.8. The molecular weight excluding hydrogens is 326 g/mol. The molecule has 24 heavy (non-hydrogen) atoms. The Morgan fingerprint density at radius 1 is 1.25 bits per heavy atom. The average Bonchev–Trinajstić information content (AvgIpc) is 2.57. The van der Waals surface area contributed by atoms with Crippen molar-refractivity contribution in [3.05, 3.63) is 35.9 Å². The van der Waals surface area contributed by atoms with Crippen molar-refractivity contribution in [3.8, 4) is 0 Å². The molecule has 3 N–H and O–H groups in total. The van der Waals surface area contributed by atoms with Gasteiger partial charge in [0.05, 0.1) is 12.0 Å². The third-order valence-corrected chi connectivity index (χ3v) is 4.47. The number of nitrogens with one attached hydrogen (secondary N) is 1. The van der Waals surface area contributed by atoms with Gasteiger partial charge in [-0.2, -0.15) is 0 Å². The number of halogens is 1. The van der Waals surface area contributed by atoms with Crippen LogP contribution in [0.1, 0.15) is 44.6 Å². The van der Waals surface area contributed by atoms with E-state index >= 15 is 0 Å². The Balaban J connectivity index is 0.00000288. The molecular formula is C18H28ClN3O2. The summed E-state index contributed by atoms with van der Waals surface area (Å²) >= 11 is 0. The first kappa shape index (κ1) is 20.5. The summed E-state index contributed by atoms with van der Waals surface area (Å²) in [5.41, 5.74) is 6.65. The second-order valence-electron chi connectivity index (χ2n) is 6.27. The van der Waals surface area contributed by atoms with Crippen LogP contribution >= 0.6 is 12.4 Å². The largest absolute Gasteiger partial charge is 0.352 e. The molecule has 1 unspecified atom stereocenters. The highest BCUT2D eigenvalue weighted by Gasteiger charge is 2.28. The second-order valence-corrected chi connectivity index (χ2v) is 6.27. The SMILES string of the molecule is CCC(C(=O)N1CCC(NC(=O)[C@H](C)N)CC1)c1ccccc1.Cl. The van der Waals surface area contributed by atoms with Crippen molar-refractivity contribution in [2.45, 2.75) is 51.1 Å². The van der Waals surface area contributed by atoms with E-state index in [1.807, 2.05) is 42.2 Å². The molecule has 2 atom stereocenters. The number of nitrogens with two attached hydrogens (primary N) is 1. The van der Waals surface area contributed by atoms with Crippen LogP contribution in [0.4, 0.5) is 0 Å². The maximum atomic E-state index is 12.8. The van der Waals surface area contributed by atoms with Crippen molar-refractivity contribution in [3.63, 3.8) is 0 Å². The van der Waals surface area contributed by atoms with Crippen LogP contribution < -0.4 is 11.1 Å². The molecule has 0 saturated carbocycles. The molecule has 0 aliphatic carbocycles. The van der Waals surface area contributed by atoms with E-state index in [9.17, 15) is 9.59 Å². The third kappa shape index (κ3) is 5.21. The van der Waals surface area contributed by atoms with E-state index in [2.05, 4.69) is 5.32 Å². The average molecular weight is 354 g/mol. The van der Waals surface area contributed by atoms with Gasteiger partial charge in [0, 0.05) is 19.1 Å². The number of carbonyl (C=O) groups is 2. The van der Waals surface area contributed by atoms with Gasteiger partial charge in [0.2, 0.25) is 11.8 Å². The molecule has 1 aliphatic heterocycles. The van der Waals surface area contributed by atoms with Gasteiger partial charge in [0.15, 0.2) is 0 Å². The molecule has 1 aromatic carbocycles. The van der Waals surface area contributed by atoms with Crippen molar-refractivity contribution in [1.82, 2.24) is 10.2 Å². The first-order chi connectivity index (χ1) is 11.0. The smallest absolute Gasteiger partial charge is 0.236 e. The Morgan fingerprint density at radius 3 is 2.33 bits per heavy atom. The summed E-state index contributed by atoms with van der Waals surface area (Å²) in [7, 11) is 0. The normalized spacial score (nSPS) is 17.5. The third-order valence-electron chi connectivity index (χ3n) is 4.47. The Labute approximate surface area is 150 Å². The summed E-state index contributed by atoms with van der Waals surface area (Å²) in [4.78, 5) is 26.4. The molecule has 2 rings (SSSR count). The number of rotatable bonds is 5. The fraction of sp³-hybridized carbons (Fsp3) is 0.556. The van der Waals surface area contributed by atoms with Gasteiger partial charge in [-0.15, -0.1) is 12.4 Å². The summed E-state index contributed by atoms with van der Waals surface area (Å²) in [6.45, 7) is 5.10. The first-order valence-corrected chi connectivity index (χ1v) is 8.42. The number of hydrogen-bond donors (Lipinski definition) is 2. The fourth-order valence-electron chi connectivity index (χ4n) is 3.04. The summed E-state index contributed by atoms with van der Waals surface area (Å²) in [5, 5.41) is 2.95. The Hall–Kier alpha value is -1.59. The minimum Gasteiger partial charge on any atom is -0.352 e. The van der Waals surface area contributed by atoms with Crippen molar-refractivity contribution >= 4 is 24.2 Å². The minimum atomic E-state index is -0.489. The highest BCUT2D eigenvalue weighted by molar-refractivity contribution is 5.85. The summed E-state index contributed by atoms with van der Waals surface area (Å²) < 4.78 is 0. The predicted octanol–water partition coefficient (Wildman–Crippen LogP) is 2.06. The maximum absolute atomic E-state index is 12.8. The molecule has 134 valence electrons. The number of nitrogens with zero attached hydrogens (tertiary/aromatic N) is 1. The lowest BCUT2D eigenvalue weighted by Crippen LogP contribution is -2.50. The van der Waals surface area contributed by atoms with Crippen LogP contribution in [0, 0.1) is 0 Å². The van der Waals surface area contributed by atoms with Gasteiger partial charge >= 0.3 is 0 Å². The van der Waals surface area contributed by atoms with Gasteiger partial charge in [-0.05, 0) is 31.7 Å². The number of hydrogen-bond acceptors (Lipinski definition) is 3. The van der Waals surface area contributed by atoms with Crippen LogP contribution in [0.15, 0.2) is 30.3 Å². The second kappa shape index (κ2) is 9.64. The van der Waals surface area contributed by atoms with Crippen LogP contribution in [-0.2, 0) is 9.59 Å². The highest BCUT2D eigenvalue weighted by Crippen LogP contribution is 2.24. The zero-order valence-corrected chi connectivity index (χ0v) is 15.2. The maximum Gasteiger partial charge on any atom is 0.236 e. The molecule has 1 saturated heterocycles. The van der Waals surface area contributed by atoms with Crippen LogP contribution in [0.3, 0.4) is 0 Å². The number of benzene rings is 1. The Morgan fingerprint density at radius 2 is 1.83 bits per heavy atom. The number of carbonyl (C=O) groups excluding carboxylic acids is 2. The minimum absolute atomic E-state index is 0. The summed E-state index contributed by atoms with van der Waals surface area (Å²) in [6, 6.07) is 9.57. The van der Waals surface area contributed by atoms with Crippen molar-refractivity contribution in [2.75, 3.05) is 13.1 Å². The lowest BCUT2D eigenvalue weighted by Gasteiger charge is -2.34. The standard InChI is InChI=1S/C18H27N3O2.ClH/c1-3-16(14-7-5-4-6-8-14)18(23)21-11-9-15(10-12-21)20-17(22)13(2)19;/h4-8,13,15-16H,3,9-12,19H2,1-2H3,(H,20,22);1H/t13-,16?;/m0./s1. The van der Waals surface area contributed by atoms with Gasteiger partial charge in [-0.1, -0.05) is 37.3 Å². The van der Waals surface area contributed by atoms with Gasteiger partial charge in [0.25, 0.3) is 0 Å². The van der Waals surface area contributed by atoms with Crippen molar-refractivity contribution < 1.29 is 9.59 Å². The molecule has 6 heteroatoms. The Kier molecular flexibility index (Phi) is 8.22. The van der Waals surface area contributed by atoms with Gasteiger partial charge < -0.3 is 16.0 Å². The highest BCUT2D eigenvalue weighted by atomic mass is 35.5. The van der Waals surface area contributed by atoms with E-state index in [1.165, 1.54) is 0 Å². The molecule has 5 nitrogen and oxygen atoms in total. The fourth-order valence-corrected chi connectivity index (χ4v) is 3.04. The number of piperidine rings is 1. The lowest BCUT2D eigenvalue weighted by atomic mass is 9.93. The van der Waals surface area contributed by atoms with Gasteiger partial charge in [0.1, 0.15) is 0 Å². The molecule has 0 radical (unpaired) electrons. The molecule has 1 fully saturated rings. The molecule has 1 aromatic rings. The van der Waals surface area contributed by atoms with Crippen LogP contribution in [0.25, 0.3) is 0 Å². The van der Waals surface area contributed by atoms with Crippen LogP contribution in [0.2, 0.25) is 0 Å². The van der Waals surface area contributed by atoms with E-state index in [4.69, 9.17) is 5.73 Å². The number of amides is 2. The van der Waals surface area contributed by atoms with E-state index in [-0.39, 0.29) is 36.2 Å². The first-order valence-electron chi connectivity index (χ1n) is 8.42. The van der Waals surface area contributed by atoms with E-state index in [0.29, 0.717) is 13.1 Å². The van der Waals surface area contributed by atoms with E-state index < -0.39 is 6.04 Å².